The minimum absolute atomic E-state index is 0.0260. The van der Waals surface area contributed by atoms with Crippen molar-refractivity contribution in [2.24, 2.45) is 11.7 Å². The van der Waals surface area contributed by atoms with Crippen LogP contribution in [0, 0.1) is 5.92 Å². The highest BCUT2D eigenvalue weighted by Gasteiger charge is 2.24. The molecule has 0 saturated carbocycles. The van der Waals surface area contributed by atoms with Crippen molar-refractivity contribution in [1.29, 1.82) is 0 Å². The second-order valence-corrected chi connectivity index (χ2v) is 5.93. The zero-order valence-corrected chi connectivity index (χ0v) is 12.1. The molecule has 0 aromatic carbocycles. The topological polar surface area (TPSA) is 84.7 Å². The first-order chi connectivity index (χ1) is 8.81. The molecule has 3 N–H and O–H groups in total. The Labute approximate surface area is 114 Å². The standard InChI is InChI=1S/C13H25N3O3/c1-13(2,3)19-12(18)15-8-10-5-4-6-16(9-10)11(17)7-14/h10H,4-9,14H2,1-3H3,(H,15,18)/t10-/m0/s1. The molecular formula is C13H25N3O3. The summed E-state index contributed by atoms with van der Waals surface area (Å²) in [6, 6.07) is 0. The van der Waals surface area contributed by atoms with Crippen LogP contribution in [0.5, 0.6) is 0 Å². The third-order valence-electron chi connectivity index (χ3n) is 2.98. The van der Waals surface area contributed by atoms with Gasteiger partial charge < -0.3 is 20.7 Å². The number of carbonyl (C=O) groups is 2. The lowest BCUT2D eigenvalue weighted by atomic mass is 9.98. The first kappa shape index (κ1) is 15.8. The van der Waals surface area contributed by atoms with E-state index in [1.54, 1.807) is 4.90 Å². The fourth-order valence-corrected chi connectivity index (χ4v) is 2.13. The highest BCUT2D eigenvalue weighted by atomic mass is 16.6. The number of carbonyl (C=O) groups excluding carboxylic acids is 2. The number of amides is 2. The summed E-state index contributed by atoms with van der Waals surface area (Å²) in [6.07, 6.45) is 1.55. The van der Waals surface area contributed by atoms with Crippen LogP contribution in [0.1, 0.15) is 33.6 Å². The molecule has 0 aliphatic carbocycles. The van der Waals surface area contributed by atoms with Crippen LogP contribution in [0.4, 0.5) is 4.79 Å². The summed E-state index contributed by atoms with van der Waals surface area (Å²) in [7, 11) is 0. The summed E-state index contributed by atoms with van der Waals surface area (Å²) in [5, 5.41) is 2.76. The lowest BCUT2D eigenvalue weighted by Crippen LogP contribution is -2.46. The average molecular weight is 271 g/mol. The minimum atomic E-state index is -0.488. The molecule has 110 valence electrons. The second kappa shape index (κ2) is 6.75. The fourth-order valence-electron chi connectivity index (χ4n) is 2.13. The molecule has 0 aromatic heterocycles. The maximum atomic E-state index is 11.5. The van der Waals surface area contributed by atoms with Gasteiger partial charge in [0.2, 0.25) is 5.91 Å². The monoisotopic (exact) mass is 271 g/mol. The van der Waals surface area contributed by atoms with E-state index in [0.29, 0.717) is 13.1 Å². The van der Waals surface area contributed by atoms with E-state index in [1.807, 2.05) is 20.8 Å². The summed E-state index contributed by atoms with van der Waals surface area (Å²) >= 11 is 0. The Kier molecular flexibility index (Phi) is 5.60. The van der Waals surface area contributed by atoms with Gasteiger partial charge in [-0.2, -0.15) is 0 Å². The highest BCUT2D eigenvalue weighted by molar-refractivity contribution is 5.78. The number of likely N-dealkylation sites (tertiary alicyclic amines) is 1. The van der Waals surface area contributed by atoms with Crippen LogP contribution in [-0.2, 0) is 9.53 Å². The normalized spacial score (nSPS) is 20.0. The Hall–Kier alpha value is -1.30. The van der Waals surface area contributed by atoms with Crippen molar-refractivity contribution < 1.29 is 14.3 Å². The van der Waals surface area contributed by atoms with Gasteiger partial charge in [0.1, 0.15) is 5.60 Å². The Morgan fingerprint density at radius 2 is 2.11 bits per heavy atom. The van der Waals surface area contributed by atoms with E-state index in [1.165, 1.54) is 0 Å². The van der Waals surface area contributed by atoms with Crippen molar-refractivity contribution in [3.05, 3.63) is 0 Å². The molecule has 0 unspecified atom stereocenters. The number of alkyl carbamates (subject to hydrolysis) is 1. The van der Waals surface area contributed by atoms with Gasteiger partial charge in [-0.25, -0.2) is 4.79 Å². The molecule has 1 atom stereocenters. The molecule has 0 aromatic rings. The number of nitrogens with zero attached hydrogens (tertiary/aromatic N) is 1. The molecule has 1 fully saturated rings. The summed E-state index contributed by atoms with van der Waals surface area (Å²) in [4.78, 5) is 24.8. The summed E-state index contributed by atoms with van der Waals surface area (Å²) in [5.41, 5.74) is 4.87. The smallest absolute Gasteiger partial charge is 0.407 e. The van der Waals surface area contributed by atoms with Crippen LogP contribution < -0.4 is 11.1 Å². The molecule has 6 heteroatoms. The van der Waals surface area contributed by atoms with E-state index >= 15 is 0 Å². The van der Waals surface area contributed by atoms with Gasteiger partial charge in [0.15, 0.2) is 0 Å². The molecule has 1 saturated heterocycles. The number of hydrogen-bond donors (Lipinski definition) is 2. The predicted molar refractivity (Wildman–Crippen MR) is 72.6 cm³/mol. The van der Waals surface area contributed by atoms with E-state index < -0.39 is 11.7 Å². The maximum absolute atomic E-state index is 11.5. The SMILES string of the molecule is CC(C)(C)OC(=O)NC[C@@H]1CCCN(C(=O)CN)C1. The van der Waals surface area contributed by atoms with Crippen molar-refractivity contribution >= 4 is 12.0 Å². The van der Waals surface area contributed by atoms with Gasteiger partial charge in [-0.15, -0.1) is 0 Å². The van der Waals surface area contributed by atoms with Crippen molar-refractivity contribution in [2.45, 2.75) is 39.2 Å². The van der Waals surface area contributed by atoms with Gasteiger partial charge in [-0.1, -0.05) is 0 Å². The zero-order valence-electron chi connectivity index (χ0n) is 12.1. The van der Waals surface area contributed by atoms with E-state index in [0.717, 1.165) is 19.4 Å². The van der Waals surface area contributed by atoms with Crippen LogP contribution in [-0.4, -0.2) is 48.7 Å². The molecule has 1 aliphatic rings. The van der Waals surface area contributed by atoms with Crippen LogP contribution >= 0.6 is 0 Å². The minimum Gasteiger partial charge on any atom is -0.444 e. The van der Waals surface area contributed by atoms with Gasteiger partial charge in [-0.3, -0.25) is 4.79 Å². The molecule has 0 bridgehead atoms. The highest BCUT2D eigenvalue weighted by Crippen LogP contribution is 2.16. The first-order valence-electron chi connectivity index (χ1n) is 6.76. The molecule has 0 radical (unpaired) electrons. The third kappa shape index (κ3) is 5.92. The molecular weight excluding hydrogens is 246 g/mol. The van der Waals surface area contributed by atoms with Crippen LogP contribution in [0.3, 0.4) is 0 Å². The number of piperidine rings is 1. The molecule has 19 heavy (non-hydrogen) atoms. The zero-order chi connectivity index (χ0) is 14.5. The molecule has 2 amide bonds. The van der Waals surface area contributed by atoms with E-state index in [-0.39, 0.29) is 18.4 Å². The fraction of sp³-hybridized carbons (Fsp3) is 0.846. The van der Waals surface area contributed by atoms with E-state index in [2.05, 4.69) is 5.32 Å². The van der Waals surface area contributed by atoms with Gasteiger partial charge >= 0.3 is 6.09 Å². The van der Waals surface area contributed by atoms with E-state index in [9.17, 15) is 9.59 Å². The summed E-state index contributed by atoms with van der Waals surface area (Å²) < 4.78 is 5.17. The Bertz CT molecular complexity index is 326. The lowest BCUT2D eigenvalue weighted by molar-refractivity contribution is -0.131. The Balaban J connectivity index is 2.33. The molecule has 6 nitrogen and oxygen atoms in total. The quantitative estimate of drug-likeness (QED) is 0.791. The van der Waals surface area contributed by atoms with Crippen molar-refractivity contribution in [2.75, 3.05) is 26.2 Å². The lowest BCUT2D eigenvalue weighted by Gasteiger charge is -2.32. The molecule has 1 aliphatic heterocycles. The predicted octanol–water partition coefficient (Wildman–Crippen LogP) is 0.708. The van der Waals surface area contributed by atoms with Crippen LogP contribution in [0.25, 0.3) is 0 Å². The largest absolute Gasteiger partial charge is 0.444 e. The Morgan fingerprint density at radius 3 is 2.68 bits per heavy atom. The van der Waals surface area contributed by atoms with Gasteiger partial charge in [-0.05, 0) is 39.5 Å². The average Bonchev–Trinajstić information content (AvgIpc) is 2.34. The van der Waals surface area contributed by atoms with Crippen molar-refractivity contribution in [3.8, 4) is 0 Å². The van der Waals surface area contributed by atoms with Gasteiger partial charge in [0, 0.05) is 19.6 Å². The van der Waals surface area contributed by atoms with Gasteiger partial charge in [0.05, 0.1) is 6.54 Å². The van der Waals surface area contributed by atoms with Crippen LogP contribution in [0.15, 0.2) is 0 Å². The summed E-state index contributed by atoms with van der Waals surface area (Å²) in [5.74, 6) is 0.249. The number of nitrogens with one attached hydrogen (secondary N) is 1. The Morgan fingerprint density at radius 1 is 1.42 bits per heavy atom. The van der Waals surface area contributed by atoms with E-state index in [4.69, 9.17) is 10.5 Å². The number of nitrogens with two attached hydrogens (primary N) is 1. The third-order valence-corrected chi connectivity index (χ3v) is 2.98. The molecule has 1 rings (SSSR count). The second-order valence-electron chi connectivity index (χ2n) is 5.93. The molecule has 1 heterocycles. The van der Waals surface area contributed by atoms with Crippen molar-refractivity contribution in [1.82, 2.24) is 10.2 Å². The van der Waals surface area contributed by atoms with Gasteiger partial charge in [0.25, 0.3) is 0 Å². The summed E-state index contributed by atoms with van der Waals surface area (Å²) in [6.45, 7) is 7.48. The number of rotatable bonds is 3. The first-order valence-corrected chi connectivity index (χ1v) is 6.76. The molecule has 0 spiro atoms. The maximum Gasteiger partial charge on any atom is 0.407 e. The van der Waals surface area contributed by atoms with Crippen LogP contribution in [0.2, 0.25) is 0 Å². The number of ether oxygens (including phenoxy) is 1. The van der Waals surface area contributed by atoms with Crippen molar-refractivity contribution in [3.63, 3.8) is 0 Å². The number of hydrogen-bond acceptors (Lipinski definition) is 4.